The maximum Gasteiger partial charge on any atom is 0.122 e. The molecule has 0 spiro atoms. The molecule has 0 aliphatic carbocycles. The third kappa shape index (κ3) is 5.12. The lowest BCUT2D eigenvalue weighted by atomic mass is 10.0. The van der Waals surface area contributed by atoms with Gasteiger partial charge in [-0.05, 0) is 24.5 Å². The summed E-state index contributed by atoms with van der Waals surface area (Å²) in [5.41, 5.74) is 0. The number of benzene rings is 1. The Hall–Kier alpha value is -1.18. The van der Waals surface area contributed by atoms with Crippen LogP contribution in [0.3, 0.4) is 0 Å². The molecule has 2 nitrogen and oxygen atoms in total. The summed E-state index contributed by atoms with van der Waals surface area (Å²) < 4.78 is 11.0. The van der Waals surface area contributed by atoms with Crippen molar-refractivity contribution in [1.29, 1.82) is 0 Å². The number of hydrogen-bond acceptors (Lipinski definition) is 2. The minimum atomic E-state index is 0.668. The maximum absolute atomic E-state index is 5.82. The summed E-state index contributed by atoms with van der Waals surface area (Å²) in [6.07, 6.45) is 5.00. The smallest absolute Gasteiger partial charge is 0.122 e. The van der Waals surface area contributed by atoms with E-state index in [2.05, 4.69) is 13.8 Å². The average molecular weight is 236 g/mol. The van der Waals surface area contributed by atoms with E-state index in [1.54, 1.807) is 7.11 Å². The first-order valence-electron chi connectivity index (χ1n) is 6.57. The van der Waals surface area contributed by atoms with Crippen LogP contribution in [0.1, 0.15) is 39.5 Å². The van der Waals surface area contributed by atoms with Crippen LogP contribution in [-0.4, -0.2) is 13.7 Å². The molecule has 0 amide bonds. The van der Waals surface area contributed by atoms with Gasteiger partial charge in [-0.3, -0.25) is 0 Å². The molecular formula is C15H24O2. The van der Waals surface area contributed by atoms with Crippen LogP contribution in [0.25, 0.3) is 0 Å². The summed E-state index contributed by atoms with van der Waals surface area (Å²) in [7, 11) is 1.68. The van der Waals surface area contributed by atoms with Crippen LogP contribution in [0.15, 0.2) is 24.3 Å². The van der Waals surface area contributed by atoms with Crippen molar-refractivity contribution in [1.82, 2.24) is 0 Å². The first-order valence-corrected chi connectivity index (χ1v) is 6.57. The van der Waals surface area contributed by atoms with Gasteiger partial charge in [0.25, 0.3) is 0 Å². The summed E-state index contributed by atoms with van der Waals surface area (Å²) in [6, 6.07) is 7.81. The first kappa shape index (κ1) is 13.9. The van der Waals surface area contributed by atoms with Crippen LogP contribution in [0.2, 0.25) is 0 Å². The highest BCUT2D eigenvalue weighted by Crippen LogP contribution is 2.21. The molecule has 0 bridgehead atoms. The molecule has 0 saturated heterocycles. The third-order valence-electron chi connectivity index (χ3n) is 3.07. The van der Waals surface area contributed by atoms with E-state index in [0.717, 1.165) is 18.1 Å². The lowest BCUT2D eigenvalue weighted by molar-refractivity contribution is 0.232. The van der Waals surface area contributed by atoms with Crippen LogP contribution in [-0.2, 0) is 0 Å². The number of rotatable bonds is 8. The normalized spacial score (nSPS) is 12.2. The number of methoxy groups -OCH3 is 1. The highest BCUT2D eigenvalue weighted by Gasteiger charge is 2.07. The SMILES string of the molecule is CCCCC(CC)COc1cccc(OC)c1. The molecule has 2 heteroatoms. The van der Waals surface area contributed by atoms with Gasteiger partial charge in [-0.25, -0.2) is 0 Å². The van der Waals surface area contributed by atoms with E-state index in [1.807, 2.05) is 24.3 Å². The molecule has 0 aliphatic rings. The second-order valence-electron chi connectivity index (χ2n) is 4.41. The lowest BCUT2D eigenvalue weighted by Crippen LogP contribution is -2.11. The summed E-state index contributed by atoms with van der Waals surface area (Å²) in [5, 5.41) is 0. The second-order valence-corrected chi connectivity index (χ2v) is 4.41. The molecule has 0 radical (unpaired) electrons. The molecule has 0 N–H and O–H groups in total. The van der Waals surface area contributed by atoms with E-state index in [1.165, 1.54) is 25.7 Å². The second kappa shape index (κ2) is 7.99. The van der Waals surface area contributed by atoms with Crippen molar-refractivity contribution in [2.24, 2.45) is 5.92 Å². The lowest BCUT2D eigenvalue weighted by Gasteiger charge is -2.15. The zero-order valence-electron chi connectivity index (χ0n) is 11.2. The standard InChI is InChI=1S/C15H24O2/c1-4-6-8-13(5-2)12-17-15-10-7-9-14(11-15)16-3/h7,9-11,13H,4-6,8,12H2,1-3H3. The minimum absolute atomic E-state index is 0.668. The number of hydrogen-bond donors (Lipinski definition) is 0. The van der Waals surface area contributed by atoms with E-state index in [4.69, 9.17) is 9.47 Å². The Morgan fingerprint density at radius 1 is 1.18 bits per heavy atom. The predicted octanol–water partition coefficient (Wildman–Crippen LogP) is 4.29. The van der Waals surface area contributed by atoms with Gasteiger partial charge in [0, 0.05) is 6.07 Å². The average Bonchev–Trinajstić information content (AvgIpc) is 2.39. The Balaban J connectivity index is 2.41. The van der Waals surface area contributed by atoms with Gasteiger partial charge < -0.3 is 9.47 Å². The quantitative estimate of drug-likeness (QED) is 0.670. The Kier molecular flexibility index (Phi) is 6.53. The Bertz CT molecular complexity index is 310. The van der Waals surface area contributed by atoms with Crippen molar-refractivity contribution in [2.45, 2.75) is 39.5 Å². The molecule has 0 saturated carbocycles. The summed E-state index contributed by atoms with van der Waals surface area (Å²) in [6.45, 7) is 5.27. The van der Waals surface area contributed by atoms with E-state index < -0.39 is 0 Å². The van der Waals surface area contributed by atoms with Gasteiger partial charge in [-0.15, -0.1) is 0 Å². The molecule has 1 rings (SSSR count). The Labute approximate surface area is 105 Å². The molecule has 1 aromatic rings. The van der Waals surface area contributed by atoms with Crippen LogP contribution < -0.4 is 9.47 Å². The van der Waals surface area contributed by atoms with Crippen LogP contribution in [0, 0.1) is 5.92 Å². The number of ether oxygens (including phenoxy) is 2. The zero-order valence-corrected chi connectivity index (χ0v) is 11.2. The van der Waals surface area contributed by atoms with Gasteiger partial charge in [-0.2, -0.15) is 0 Å². The number of unbranched alkanes of at least 4 members (excludes halogenated alkanes) is 1. The molecule has 17 heavy (non-hydrogen) atoms. The fourth-order valence-electron chi connectivity index (χ4n) is 1.80. The van der Waals surface area contributed by atoms with Crippen molar-refractivity contribution >= 4 is 0 Å². The van der Waals surface area contributed by atoms with Gasteiger partial charge in [0.1, 0.15) is 11.5 Å². The van der Waals surface area contributed by atoms with E-state index >= 15 is 0 Å². The van der Waals surface area contributed by atoms with Gasteiger partial charge in [0.15, 0.2) is 0 Å². The Morgan fingerprint density at radius 2 is 1.94 bits per heavy atom. The summed E-state index contributed by atoms with van der Waals surface area (Å²) >= 11 is 0. The first-order chi connectivity index (χ1) is 8.30. The molecule has 0 fully saturated rings. The molecule has 0 aromatic heterocycles. The van der Waals surface area contributed by atoms with Crippen molar-refractivity contribution < 1.29 is 9.47 Å². The molecule has 1 aromatic carbocycles. The molecule has 96 valence electrons. The van der Waals surface area contributed by atoms with Crippen molar-refractivity contribution in [3.05, 3.63) is 24.3 Å². The summed E-state index contributed by atoms with van der Waals surface area (Å²) in [4.78, 5) is 0. The zero-order chi connectivity index (χ0) is 12.5. The van der Waals surface area contributed by atoms with Crippen molar-refractivity contribution in [3.63, 3.8) is 0 Å². The van der Waals surface area contributed by atoms with E-state index in [9.17, 15) is 0 Å². The van der Waals surface area contributed by atoms with Crippen molar-refractivity contribution in [2.75, 3.05) is 13.7 Å². The fraction of sp³-hybridized carbons (Fsp3) is 0.600. The van der Waals surface area contributed by atoms with Gasteiger partial charge in [0.05, 0.1) is 13.7 Å². The van der Waals surface area contributed by atoms with E-state index in [-0.39, 0.29) is 0 Å². The van der Waals surface area contributed by atoms with Gasteiger partial charge in [0.2, 0.25) is 0 Å². The monoisotopic (exact) mass is 236 g/mol. The topological polar surface area (TPSA) is 18.5 Å². The largest absolute Gasteiger partial charge is 0.497 e. The van der Waals surface area contributed by atoms with Crippen LogP contribution >= 0.6 is 0 Å². The fourth-order valence-corrected chi connectivity index (χ4v) is 1.80. The van der Waals surface area contributed by atoms with Gasteiger partial charge >= 0.3 is 0 Å². The Morgan fingerprint density at radius 3 is 2.59 bits per heavy atom. The van der Waals surface area contributed by atoms with Crippen LogP contribution in [0.4, 0.5) is 0 Å². The molecule has 1 atom stereocenters. The maximum atomic E-state index is 5.82. The predicted molar refractivity (Wildman–Crippen MR) is 71.8 cm³/mol. The molecular weight excluding hydrogens is 212 g/mol. The molecule has 0 aliphatic heterocycles. The van der Waals surface area contributed by atoms with Crippen molar-refractivity contribution in [3.8, 4) is 11.5 Å². The third-order valence-corrected chi connectivity index (χ3v) is 3.07. The molecule has 1 unspecified atom stereocenters. The molecule has 0 heterocycles. The minimum Gasteiger partial charge on any atom is -0.497 e. The highest BCUT2D eigenvalue weighted by atomic mass is 16.5. The summed E-state index contributed by atoms with van der Waals surface area (Å²) in [5.74, 6) is 2.42. The van der Waals surface area contributed by atoms with Crippen LogP contribution in [0.5, 0.6) is 11.5 Å². The van der Waals surface area contributed by atoms with Gasteiger partial charge in [-0.1, -0.05) is 39.2 Å². The highest BCUT2D eigenvalue weighted by molar-refractivity contribution is 5.32. The van der Waals surface area contributed by atoms with E-state index in [0.29, 0.717) is 5.92 Å².